The van der Waals surface area contributed by atoms with E-state index >= 15 is 0 Å². The van der Waals surface area contributed by atoms with Gasteiger partial charge in [0.1, 0.15) is 17.4 Å². The fraction of sp³-hybridized carbons (Fsp3) is 0.125. The van der Waals surface area contributed by atoms with Gasteiger partial charge in [0.15, 0.2) is 6.61 Å². The van der Waals surface area contributed by atoms with Crippen LogP contribution in [0.1, 0.15) is 11.5 Å². The van der Waals surface area contributed by atoms with Gasteiger partial charge in [-0.25, -0.2) is 8.78 Å². The highest BCUT2D eigenvalue weighted by atomic mass is 19.1. The molecule has 0 radical (unpaired) electrons. The first kappa shape index (κ1) is 14.2. The monoisotopic (exact) mass is 302 g/mol. The fourth-order valence-electron chi connectivity index (χ4n) is 1.84. The number of hydrogen-bond acceptors (Lipinski definition) is 4. The number of aryl methyl sites for hydroxylation is 1. The molecule has 0 aliphatic heterocycles. The molecule has 0 aliphatic rings. The van der Waals surface area contributed by atoms with Crippen molar-refractivity contribution >= 4 is 0 Å². The molecule has 1 aromatic heterocycles. The van der Waals surface area contributed by atoms with Crippen LogP contribution in [0.4, 0.5) is 8.78 Å². The van der Waals surface area contributed by atoms with Crippen molar-refractivity contribution in [3.63, 3.8) is 0 Å². The molecule has 0 amide bonds. The predicted octanol–water partition coefficient (Wildman–Crippen LogP) is 3.90. The third-order valence-corrected chi connectivity index (χ3v) is 3.07. The van der Waals surface area contributed by atoms with Gasteiger partial charge in [-0.1, -0.05) is 17.3 Å². The van der Waals surface area contributed by atoms with Crippen LogP contribution >= 0.6 is 0 Å². The summed E-state index contributed by atoms with van der Waals surface area (Å²) < 4.78 is 36.8. The summed E-state index contributed by atoms with van der Waals surface area (Å²) in [6.45, 7) is 1.73. The third-order valence-electron chi connectivity index (χ3n) is 3.07. The molecule has 3 aromatic rings. The van der Waals surface area contributed by atoms with Crippen molar-refractivity contribution in [2.24, 2.45) is 0 Å². The van der Waals surface area contributed by atoms with Gasteiger partial charge in [0, 0.05) is 5.56 Å². The number of aromatic nitrogens is 2. The van der Waals surface area contributed by atoms with E-state index in [1.165, 1.54) is 30.3 Å². The maximum Gasteiger partial charge on any atom is 0.264 e. The normalized spacial score (nSPS) is 10.7. The van der Waals surface area contributed by atoms with Crippen LogP contribution in [0.5, 0.6) is 5.75 Å². The molecule has 4 nitrogen and oxygen atoms in total. The van der Waals surface area contributed by atoms with Crippen molar-refractivity contribution in [3.8, 4) is 17.1 Å². The summed E-state index contributed by atoms with van der Waals surface area (Å²) in [5.41, 5.74) is 1.08. The van der Waals surface area contributed by atoms with E-state index in [-0.39, 0.29) is 30.0 Å². The van der Waals surface area contributed by atoms with Gasteiger partial charge in [-0.2, -0.15) is 4.98 Å². The Bertz CT molecular complexity index is 785. The highest BCUT2D eigenvalue weighted by Crippen LogP contribution is 2.19. The van der Waals surface area contributed by atoms with Gasteiger partial charge < -0.3 is 9.26 Å². The molecule has 1 heterocycles. The summed E-state index contributed by atoms with van der Waals surface area (Å²) in [5.74, 6) is 0.361. The van der Waals surface area contributed by atoms with Gasteiger partial charge in [0.25, 0.3) is 5.89 Å². The summed E-state index contributed by atoms with van der Waals surface area (Å²) in [4.78, 5) is 4.14. The smallest absolute Gasteiger partial charge is 0.264 e. The van der Waals surface area contributed by atoms with Gasteiger partial charge >= 0.3 is 0 Å². The Morgan fingerprint density at radius 1 is 1.09 bits per heavy atom. The Morgan fingerprint density at radius 3 is 2.59 bits per heavy atom. The second kappa shape index (κ2) is 5.93. The van der Waals surface area contributed by atoms with Crippen LogP contribution in [0.25, 0.3) is 11.4 Å². The maximum absolute atomic E-state index is 13.5. The molecule has 22 heavy (non-hydrogen) atoms. The van der Waals surface area contributed by atoms with Crippen molar-refractivity contribution in [1.82, 2.24) is 10.1 Å². The van der Waals surface area contributed by atoms with E-state index in [9.17, 15) is 8.78 Å². The number of benzene rings is 2. The zero-order valence-electron chi connectivity index (χ0n) is 11.7. The Morgan fingerprint density at radius 2 is 1.86 bits per heavy atom. The minimum atomic E-state index is -0.339. The average molecular weight is 302 g/mol. The summed E-state index contributed by atoms with van der Waals surface area (Å²) in [5, 5.41) is 3.79. The molecule has 6 heteroatoms. The lowest BCUT2D eigenvalue weighted by molar-refractivity contribution is 0.242. The van der Waals surface area contributed by atoms with Crippen LogP contribution in [-0.2, 0) is 6.61 Å². The van der Waals surface area contributed by atoms with Gasteiger partial charge in [0.05, 0.1) is 0 Å². The molecule has 3 rings (SSSR count). The summed E-state index contributed by atoms with van der Waals surface area (Å²) in [6.07, 6.45) is 0. The Balaban J connectivity index is 1.70. The van der Waals surface area contributed by atoms with Crippen molar-refractivity contribution < 1.29 is 18.0 Å². The molecule has 112 valence electrons. The van der Waals surface area contributed by atoms with Crippen LogP contribution in [0.2, 0.25) is 0 Å². The second-order valence-electron chi connectivity index (χ2n) is 4.72. The topological polar surface area (TPSA) is 48.2 Å². The lowest BCUT2D eigenvalue weighted by Gasteiger charge is -2.01. The van der Waals surface area contributed by atoms with E-state index in [2.05, 4.69) is 10.1 Å². The van der Waals surface area contributed by atoms with Crippen LogP contribution in [0, 0.1) is 18.6 Å². The molecule has 0 atom stereocenters. The summed E-state index contributed by atoms with van der Waals surface area (Å²) >= 11 is 0. The first-order chi connectivity index (χ1) is 10.6. The zero-order chi connectivity index (χ0) is 15.5. The molecule has 0 saturated carbocycles. The number of halogens is 2. The number of hydrogen-bond donors (Lipinski definition) is 0. The maximum atomic E-state index is 13.5. The number of nitrogens with zero attached hydrogens (tertiary/aromatic N) is 2. The average Bonchev–Trinajstić information content (AvgIpc) is 2.98. The van der Waals surface area contributed by atoms with Crippen molar-refractivity contribution in [2.75, 3.05) is 0 Å². The Hall–Kier alpha value is -2.76. The summed E-state index contributed by atoms with van der Waals surface area (Å²) in [6, 6.07) is 10.3. The predicted molar refractivity (Wildman–Crippen MR) is 75.2 cm³/mol. The Labute approximate surface area is 125 Å². The van der Waals surface area contributed by atoms with E-state index in [0.29, 0.717) is 16.9 Å². The van der Waals surface area contributed by atoms with Gasteiger partial charge in [-0.15, -0.1) is 0 Å². The van der Waals surface area contributed by atoms with E-state index < -0.39 is 0 Å². The minimum Gasteiger partial charge on any atom is -0.484 e. The van der Waals surface area contributed by atoms with Crippen LogP contribution in [-0.4, -0.2) is 10.1 Å². The minimum absolute atomic E-state index is 0.0486. The number of ether oxygens (including phenoxy) is 1. The molecular weight excluding hydrogens is 290 g/mol. The molecule has 0 saturated heterocycles. The largest absolute Gasteiger partial charge is 0.484 e. The van der Waals surface area contributed by atoms with Crippen molar-refractivity contribution in [2.45, 2.75) is 13.5 Å². The van der Waals surface area contributed by atoms with Gasteiger partial charge in [-0.05, 0) is 42.8 Å². The van der Waals surface area contributed by atoms with Gasteiger partial charge in [0.2, 0.25) is 5.82 Å². The van der Waals surface area contributed by atoms with Crippen LogP contribution in [0.15, 0.2) is 47.0 Å². The molecular formula is C16H12F2N2O2. The zero-order valence-corrected chi connectivity index (χ0v) is 11.7. The Kier molecular flexibility index (Phi) is 3.82. The van der Waals surface area contributed by atoms with E-state index in [0.717, 1.165) is 0 Å². The molecule has 0 fully saturated rings. The standard InChI is InChI=1S/C16H12F2N2O2/c1-10-2-3-11(8-14(10)18)16-19-15(22-20-16)9-21-13-6-4-12(17)5-7-13/h2-8H,9H2,1H3. The molecule has 0 N–H and O–H groups in total. The van der Waals surface area contributed by atoms with Crippen molar-refractivity contribution in [3.05, 3.63) is 65.6 Å². The molecule has 2 aromatic carbocycles. The molecule has 0 spiro atoms. The summed E-state index contributed by atoms with van der Waals surface area (Å²) in [7, 11) is 0. The highest BCUT2D eigenvalue weighted by molar-refractivity contribution is 5.54. The third kappa shape index (κ3) is 3.11. The van der Waals surface area contributed by atoms with Crippen molar-refractivity contribution in [1.29, 1.82) is 0 Å². The SMILES string of the molecule is Cc1ccc(-c2noc(COc3ccc(F)cc3)n2)cc1F. The number of rotatable bonds is 4. The quantitative estimate of drug-likeness (QED) is 0.733. The fourth-order valence-corrected chi connectivity index (χ4v) is 1.84. The van der Waals surface area contributed by atoms with Crippen LogP contribution < -0.4 is 4.74 Å². The van der Waals surface area contributed by atoms with E-state index in [1.54, 1.807) is 19.1 Å². The van der Waals surface area contributed by atoms with E-state index in [1.807, 2.05) is 0 Å². The van der Waals surface area contributed by atoms with Crippen LogP contribution in [0.3, 0.4) is 0 Å². The molecule has 0 aliphatic carbocycles. The lowest BCUT2D eigenvalue weighted by atomic mass is 10.1. The lowest BCUT2D eigenvalue weighted by Crippen LogP contribution is -1.95. The first-order valence-corrected chi connectivity index (χ1v) is 6.59. The van der Waals surface area contributed by atoms with Gasteiger partial charge in [-0.3, -0.25) is 0 Å². The molecule has 0 unspecified atom stereocenters. The molecule has 0 bridgehead atoms. The highest BCUT2D eigenvalue weighted by Gasteiger charge is 2.11. The second-order valence-corrected chi connectivity index (χ2v) is 4.72. The van der Waals surface area contributed by atoms with E-state index in [4.69, 9.17) is 9.26 Å². The first-order valence-electron chi connectivity index (χ1n) is 6.59.